The van der Waals surface area contributed by atoms with Crippen LogP contribution in [0.25, 0.3) is 0 Å². The number of nitrogens with one attached hydrogen (secondary N) is 1. The van der Waals surface area contributed by atoms with E-state index in [1.807, 2.05) is 30.3 Å². The van der Waals surface area contributed by atoms with E-state index in [4.69, 9.17) is 0 Å². The third-order valence-electron chi connectivity index (χ3n) is 6.47. The zero-order chi connectivity index (χ0) is 22.1. The highest BCUT2D eigenvalue weighted by Gasteiger charge is 2.29. The highest BCUT2D eigenvalue weighted by molar-refractivity contribution is 5.89. The lowest BCUT2D eigenvalue weighted by Crippen LogP contribution is -2.50. The maximum atomic E-state index is 13.3. The third kappa shape index (κ3) is 6.83. The summed E-state index contributed by atoms with van der Waals surface area (Å²) in [5.74, 6) is 0. The molecular formula is C27H39N3O. The first-order valence-corrected chi connectivity index (χ1v) is 12.0. The molecule has 2 amide bonds. The van der Waals surface area contributed by atoms with Crippen LogP contribution in [0.15, 0.2) is 54.6 Å². The number of likely N-dealkylation sites (tertiary alicyclic amines) is 1. The van der Waals surface area contributed by atoms with Crippen molar-refractivity contribution in [1.29, 1.82) is 0 Å². The number of anilines is 1. The molecule has 0 spiro atoms. The first-order chi connectivity index (χ1) is 15.1. The minimum atomic E-state index is 0.00662. The van der Waals surface area contributed by atoms with Crippen LogP contribution in [0.5, 0.6) is 0 Å². The molecule has 1 atom stereocenters. The van der Waals surface area contributed by atoms with Crippen molar-refractivity contribution in [3.63, 3.8) is 0 Å². The molecule has 3 rings (SSSR count). The standard InChI is InChI=1S/C27H39N3O/c1-4-9-22(3)29-19-17-26(18-20-29)30(21-24-11-7-6-8-12-24)27(31)28-25-15-13-23(10-5-2)14-16-25/h6-8,11-16,22,26H,4-5,9-10,17-21H2,1-3H3,(H,28,31). The number of rotatable bonds is 9. The Bertz CT molecular complexity index is 782. The molecule has 1 unspecified atom stereocenters. The Morgan fingerprint density at radius 2 is 1.68 bits per heavy atom. The van der Waals surface area contributed by atoms with Crippen molar-refractivity contribution in [2.75, 3.05) is 18.4 Å². The normalized spacial score (nSPS) is 16.1. The minimum Gasteiger partial charge on any atom is -0.317 e. The van der Waals surface area contributed by atoms with Crippen LogP contribution in [0.4, 0.5) is 10.5 Å². The van der Waals surface area contributed by atoms with Gasteiger partial charge in [-0.2, -0.15) is 0 Å². The smallest absolute Gasteiger partial charge is 0.317 e. The molecule has 0 aliphatic carbocycles. The molecule has 2 aromatic carbocycles. The highest BCUT2D eigenvalue weighted by atomic mass is 16.2. The SMILES string of the molecule is CCCc1ccc(NC(=O)N(Cc2ccccc2)C2CCN(C(C)CCC)CC2)cc1. The number of hydrogen-bond acceptors (Lipinski definition) is 2. The van der Waals surface area contributed by atoms with E-state index in [-0.39, 0.29) is 12.1 Å². The van der Waals surface area contributed by atoms with E-state index in [0.29, 0.717) is 12.6 Å². The van der Waals surface area contributed by atoms with Gasteiger partial charge in [0, 0.05) is 37.4 Å². The number of nitrogens with zero attached hydrogens (tertiary/aromatic N) is 2. The van der Waals surface area contributed by atoms with E-state index in [1.54, 1.807) is 0 Å². The van der Waals surface area contributed by atoms with E-state index < -0.39 is 0 Å². The van der Waals surface area contributed by atoms with Gasteiger partial charge in [0.25, 0.3) is 0 Å². The number of piperidine rings is 1. The van der Waals surface area contributed by atoms with Crippen molar-refractivity contribution >= 4 is 11.7 Å². The summed E-state index contributed by atoms with van der Waals surface area (Å²) in [5, 5.41) is 3.16. The Hall–Kier alpha value is -2.33. The van der Waals surface area contributed by atoms with Gasteiger partial charge in [-0.25, -0.2) is 4.79 Å². The van der Waals surface area contributed by atoms with Crippen LogP contribution in [0.3, 0.4) is 0 Å². The molecule has 2 aromatic rings. The van der Waals surface area contributed by atoms with E-state index >= 15 is 0 Å². The summed E-state index contributed by atoms with van der Waals surface area (Å²) in [6.45, 7) is 9.55. The van der Waals surface area contributed by atoms with E-state index in [0.717, 1.165) is 44.5 Å². The molecule has 0 radical (unpaired) electrons. The van der Waals surface area contributed by atoms with Gasteiger partial charge in [-0.05, 0) is 55.9 Å². The zero-order valence-electron chi connectivity index (χ0n) is 19.5. The maximum absolute atomic E-state index is 13.3. The van der Waals surface area contributed by atoms with Crippen LogP contribution < -0.4 is 5.32 Å². The largest absolute Gasteiger partial charge is 0.322 e. The number of hydrogen-bond donors (Lipinski definition) is 1. The van der Waals surface area contributed by atoms with Crippen molar-refractivity contribution in [2.24, 2.45) is 0 Å². The molecule has 1 aliphatic rings. The molecule has 1 saturated heterocycles. The first kappa shape index (κ1) is 23.3. The van der Waals surface area contributed by atoms with Crippen LogP contribution in [-0.4, -0.2) is 41.0 Å². The Balaban J connectivity index is 1.68. The lowest BCUT2D eigenvalue weighted by atomic mass is 10.00. The summed E-state index contributed by atoms with van der Waals surface area (Å²) >= 11 is 0. The monoisotopic (exact) mass is 421 g/mol. The molecule has 0 saturated carbocycles. The molecule has 168 valence electrons. The average Bonchev–Trinajstić information content (AvgIpc) is 2.80. The van der Waals surface area contributed by atoms with Gasteiger partial charge in [-0.15, -0.1) is 0 Å². The summed E-state index contributed by atoms with van der Waals surface area (Å²) in [6.07, 6.45) is 6.73. The van der Waals surface area contributed by atoms with Gasteiger partial charge in [0.1, 0.15) is 0 Å². The maximum Gasteiger partial charge on any atom is 0.322 e. The first-order valence-electron chi connectivity index (χ1n) is 12.0. The number of aryl methyl sites for hydroxylation is 1. The average molecular weight is 422 g/mol. The minimum absolute atomic E-state index is 0.00662. The second kappa shape index (κ2) is 11.9. The summed E-state index contributed by atoms with van der Waals surface area (Å²) < 4.78 is 0. The molecule has 1 fully saturated rings. The summed E-state index contributed by atoms with van der Waals surface area (Å²) in [5.41, 5.74) is 3.37. The van der Waals surface area contributed by atoms with E-state index in [2.05, 4.69) is 60.2 Å². The lowest BCUT2D eigenvalue weighted by Gasteiger charge is -2.40. The Kier molecular flexibility index (Phi) is 8.96. The quantitative estimate of drug-likeness (QED) is 0.514. The third-order valence-corrected chi connectivity index (χ3v) is 6.47. The van der Waals surface area contributed by atoms with Crippen LogP contribution in [0.1, 0.15) is 64.0 Å². The molecule has 0 aromatic heterocycles. The van der Waals surface area contributed by atoms with Crippen molar-refractivity contribution in [1.82, 2.24) is 9.80 Å². The van der Waals surface area contributed by atoms with E-state index in [1.165, 1.54) is 24.0 Å². The molecule has 4 heteroatoms. The Labute approximate surface area is 188 Å². The summed E-state index contributed by atoms with van der Waals surface area (Å²) in [7, 11) is 0. The van der Waals surface area contributed by atoms with Crippen molar-refractivity contribution < 1.29 is 4.79 Å². The van der Waals surface area contributed by atoms with Crippen molar-refractivity contribution in [3.8, 4) is 0 Å². The van der Waals surface area contributed by atoms with Gasteiger partial charge in [-0.1, -0.05) is 69.2 Å². The lowest BCUT2D eigenvalue weighted by molar-refractivity contribution is 0.0989. The van der Waals surface area contributed by atoms with Crippen molar-refractivity contribution in [3.05, 3.63) is 65.7 Å². The molecule has 1 N–H and O–H groups in total. The van der Waals surface area contributed by atoms with Crippen molar-refractivity contribution in [2.45, 2.75) is 77.9 Å². The second-order valence-corrected chi connectivity index (χ2v) is 8.90. The Morgan fingerprint density at radius 3 is 2.29 bits per heavy atom. The molecule has 0 bridgehead atoms. The fourth-order valence-corrected chi connectivity index (χ4v) is 4.62. The fourth-order valence-electron chi connectivity index (χ4n) is 4.62. The van der Waals surface area contributed by atoms with Crippen LogP contribution in [-0.2, 0) is 13.0 Å². The second-order valence-electron chi connectivity index (χ2n) is 8.90. The molecule has 4 nitrogen and oxygen atoms in total. The number of carbonyl (C=O) groups is 1. The Morgan fingerprint density at radius 1 is 1.00 bits per heavy atom. The molecule has 31 heavy (non-hydrogen) atoms. The summed E-state index contributed by atoms with van der Waals surface area (Å²) in [6, 6.07) is 19.5. The van der Waals surface area contributed by atoms with Gasteiger partial charge in [-0.3, -0.25) is 0 Å². The van der Waals surface area contributed by atoms with Gasteiger partial charge in [0.05, 0.1) is 0 Å². The van der Waals surface area contributed by atoms with Gasteiger partial charge in [0.15, 0.2) is 0 Å². The van der Waals surface area contributed by atoms with Crippen LogP contribution in [0, 0.1) is 0 Å². The fraction of sp³-hybridized carbons (Fsp3) is 0.519. The topological polar surface area (TPSA) is 35.6 Å². The molecular weight excluding hydrogens is 382 g/mol. The van der Waals surface area contributed by atoms with Crippen LogP contribution >= 0.6 is 0 Å². The zero-order valence-corrected chi connectivity index (χ0v) is 19.5. The number of amides is 2. The molecule has 1 heterocycles. The van der Waals surface area contributed by atoms with Crippen LogP contribution in [0.2, 0.25) is 0 Å². The number of benzene rings is 2. The molecule has 1 aliphatic heterocycles. The van der Waals surface area contributed by atoms with Gasteiger partial charge >= 0.3 is 6.03 Å². The summed E-state index contributed by atoms with van der Waals surface area (Å²) in [4.78, 5) is 18.0. The highest BCUT2D eigenvalue weighted by Crippen LogP contribution is 2.23. The number of urea groups is 1. The number of carbonyl (C=O) groups excluding carboxylic acids is 1. The van der Waals surface area contributed by atoms with E-state index in [9.17, 15) is 4.79 Å². The predicted octanol–water partition coefficient (Wildman–Crippen LogP) is 6.33. The van der Waals surface area contributed by atoms with Gasteiger partial charge < -0.3 is 15.1 Å². The van der Waals surface area contributed by atoms with Gasteiger partial charge in [0.2, 0.25) is 0 Å². The predicted molar refractivity (Wildman–Crippen MR) is 130 cm³/mol.